The van der Waals surface area contributed by atoms with Crippen LogP contribution in [0.2, 0.25) is 0 Å². The molecule has 0 saturated heterocycles. The fourth-order valence-electron chi connectivity index (χ4n) is 1.50. The van der Waals surface area contributed by atoms with E-state index in [1.165, 1.54) is 0 Å². The average Bonchev–Trinajstić information content (AvgIpc) is 2.41. The van der Waals surface area contributed by atoms with Crippen LogP contribution in [0.25, 0.3) is 0 Å². The molecule has 0 N–H and O–H groups in total. The first kappa shape index (κ1) is 9.59. The molecule has 68 valence electrons. The summed E-state index contributed by atoms with van der Waals surface area (Å²) < 4.78 is 0. The van der Waals surface area contributed by atoms with Crippen molar-refractivity contribution < 1.29 is 0 Å². The Morgan fingerprint density at radius 3 is 2.38 bits per heavy atom. The van der Waals surface area contributed by atoms with Gasteiger partial charge in [-0.1, -0.05) is 32.4 Å². The molecule has 0 bridgehead atoms. The number of hydrogen-bond acceptors (Lipinski definition) is 1. The third kappa shape index (κ3) is 1.50. The van der Waals surface area contributed by atoms with Crippen LogP contribution >= 0.6 is 0 Å². The van der Waals surface area contributed by atoms with Crippen molar-refractivity contribution in [3.63, 3.8) is 0 Å². The molecule has 0 amide bonds. The predicted octanol–water partition coefficient (Wildman–Crippen LogP) is 3.02. The summed E-state index contributed by atoms with van der Waals surface area (Å²) in [6.07, 6.45) is 3.64. The quantitative estimate of drug-likeness (QED) is 0.634. The maximum Gasteiger partial charge on any atom is 0.0481 e. The standard InChI is InChI=1S/C12H15N/c1-6-11-10(5)8-13(9(3)4)12(11)7-2/h6-7H,1-3,5,8H2,4H3. The van der Waals surface area contributed by atoms with Crippen LogP contribution in [-0.4, -0.2) is 11.4 Å². The number of nitrogens with zero attached hydrogens (tertiary/aromatic N) is 1. The highest BCUT2D eigenvalue weighted by Gasteiger charge is 2.21. The molecule has 1 aliphatic heterocycles. The zero-order valence-electron chi connectivity index (χ0n) is 8.14. The lowest BCUT2D eigenvalue weighted by Crippen LogP contribution is -2.15. The number of allylic oxidation sites excluding steroid dienone is 3. The van der Waals surface area contributed by atoms with Crippen molar-refractivity contribution in [1.29, 1.82) is 0 Å². The van der Waals surface area contributed by atoms with Gasteiger partial charge in [0.15, 0.2) is 0 Å². The van der Waals surface area contributed by atoms with Gasteiger partial charge >= 0.3 is 0 Å². The van der Waals surface area contributed by atoms with Gasteiger partial charge in [-0.15, -0.1) is 0 Å². The lowest BCUT2D eigenvalue weighted by atomic mass is 10.1. The molecule has 0 unspecified atom stereocenters. The van der Waals surface area contributed by atoms with Crippen LogP contribution < -0.4 is 0 Å². The molecule has 0 fully saturated rings. The van der Waals surface area contributed by atoms with E-state index in [1.54, 1.807) is 0 Å². The summed E-state index contributed by atoms with van der Waals surface area (Å²) in [5.74, 6) is 0. The maximum atomic E-state index is 3.98. The Bertz CT molecular complexity index is 318. The van der Waals surface area contributed by atoms with Crippen molar-refractivity contribution in [2.45, 2.75) is 6.92 Å². The Kier molecular flexibility index (Phi) is 2.57. The summed E-state index contributed by atoms with van der Waals surface area (Å²) in [7, 11) is 0. The molecule has 1 heterocycles. The monoisotopic (exact) mass is 173 g/mol. The number of rotatable bonds is 3. The van der Waals surface area contributed by atoms with Gasteiger partial charge in [0, 0.05) is 23.5 Å². The van der Waals surface area contributed by atoms with Gasteiger partial charge in [0.05, 0.1) is 0 Å². The van der Waals surface area contributed by atoms with Crippen molar-refractivity contribution >= 4 is 0 Å². The highest BCUT2D eigenvalue weighted by Crippen LogP contribution is 2.30. The fourth-order valence-corrected chi connectivity index (χ4v) is 1.50. The zero-order chi connectivity index (χ0) is 10.0. The van der Waals surface area contributed by atoms with Crippen LogP contribution in [0.3, 0.4) is 0 Å². The summed E-state index contributed by atoms with van der Waals surface area (Å²) in [4.78, 5) is 2.09. The van der Waals surface area contributed by atoms with E-state index in [0.29, 0.717) is 0 Å². The minimum atomic E-state index is 0.804. The van der Waals surface area contributed by atoms with Gasteiger partial charge in [-0.3, -0.25) is 0 Å². The maximum absolute atomic E-state index is 3.98. The summed E-state index contributed by atoms with van der Waals surface area (Å²) >= 11 is 0. The van der Waals surface area contributed by atoms with E-state index in [4.69, 9.17) is 0 Å². The molecular weight excluding hydrogens is 158 g/mol. The average molecular weight is 173 g/mol. The highest BCUT2D eigenvalue weighted by atomic mass is 15.2. The molecular formula is C12H15N. The predicted molar refractivity (Wildman–Crippen MR) is 58.1 cm³/mol. The molecule has 0 spiro atoms. The van der Waals surface area contributed by atoms with Gasteiger partial charge in [-0.05, 0) is 18.6 Å². The first-order chi connectivity index (χ1) is 6.11. The van der Waals surface area contributed by atoms with E-state index in [0.717, 1.165) is 29.1 Å². The molecule has 0 radical (unpaired) electrons. The van der Waals surface area contributed by atoms with Gasteiger partial charge in [0.25, 0.3) is 0 Å². The topological polar surface area (TPSA) is 3.24 Å². The lowest BCUT2D eigenvalue weighted by molar-refractivity contribution is 0.506. The summed E-state index contributed by atoms with van der Waals surface area (Å²) in [5, 5.41) is 0. The Morgan fingerprint density at radius 1 is 1.38 bits per heavy atom. The van der Waals surface area contributed by atoms with Crippen molar-refractivity contribution in [2.24, 2.45) is 0 Å². The van der Waals surface area contributed by atoms with Gasteiger partial charge in [0.1, 0.15) is 0 Å². The van der Waals surface area contributed by atoms with Crippen molar-refractivity contribution in [3.8, 4) is 0 Å². The molecule has 1 rings (SSSR count). The second-order valence-corrected chi connectivity index (χ2v) is 3.13. The van der Waals surface area contributed by atoms with Gasteiger partial charge in [-0.25, -0.2) is 0 Å². The second kappa shape index (κ2) is 3.48. The molecule has 0 aliphatic carbocycles. The van der Waals surface area contributed by atoms with Crippen molar-refractivity contribution in [1.82, 2.24) is 4.90 Å². The Hall–Kier alpha value is -1.50. The number of hydrogen-bond donors (Lipinski definition) is 0. The SMILES string of the molecule is C=CC1=C(C=C)N(C(=C)C)CC1=C. The highest BCUT2D eigenvalue weighted by molar-refractivity contribution is 5.51. The van der Waals surface area contributed by atoms with E-state index >= 15 is 0 Å². The van der Waals surface area contributed by atoms with Gasteiger partial charge in [0.2, 0.25) is 0 Å². The van der Waals surface area contributed by atoms with Crippen LogP contribution in [0.15, 0.2) is 61.0 Å². The smallest absolute Gasteiger partial charge is 0.0481 e. The molecule has 1 nitrogen and oxygen atoms in total. The second-order valence-electron chi connectivity index (χ2n) is 3.13. The Balaban J connectivity index is 3.16. The fraction of sp³-hybridized carbons (Fsp3) is 0.167. The van der Waals surface area contributed by atoms with Crippen molar-refractivity contribution in [2.75, 3.05) is 6.54 Å². The molecule has 1 heteroatoms. The largest absolute Gasteiger partial charge is 0.341 e. The normalized spacial score (nSPS) is 16.4. The molecule has 0 aromatic carbocycles. The molecule has 0 saturated carbocycles. The molecule has 0 aromatic rings. The van der Waals surface area contributed by atoms with E-state index in [1.807, 2.05) is 19.1 Å². The first-order valence-corrected chi connectivity index (χ1v) is 4.22. The van der Waals surface area contributed by atoms with E-state index in [2.05, 4.69) is 31.2 Å². The molecule has 1 aliphatic rings. The zero-order valence-corrected chi connectivity index (χ0v) is 8.14. The van der Waals surface area contributed by atoms with E-state index in [-0.39, 0.29) is 0 Å². The van der Waals surface area contributed by atoms with E-state index < -0.39 is 0 Å². The van der Waals surface area contributed by atoms with Crippen LogP contribution in [0, 0.1) is 0 Å². The van der Waals surface area contributed by atoms with Crippen LogP contribution in [0.5, 0.6) is 0 Å². The first-order valence-electron chi connectivity index (χ1n) is 4.22. The van der Waals surface area contributed by atoms with Crippen LogP contribution in [-0.2, 0) is 0 Å². The minimum absolute atomic E-state index is 0.804. The Morgan fingerprint density at radius 2 is 2.00 bits per heavy atom. The Labute approximate surface area is 80.1 Å². The summed E-state index contributed by atoms with van der Waals surface area (Å²) in [5.41, 5.74) is 4.23. The third-order valence-corrected chi connectivity index (χ3v) is 2.15. The summed E-state index contributed by atoms with van der Waals surface area (Å²) in [6, 6.07) is 0. The van der Waals surface area contributed by atoms with E-state index in [9.17, 15) is 0 Å². The minimum Gasteiger partial charge on any atom is -0.341 e. The lowest BCUT2D eigenvalue weighted by Gasteiger charge is -2.19. The van der Waals surface area contributed by atoms with Gasteiger partial charge in [-0.2, -0.15) is 0 Å². The van der Waals surface area contributed by atoms with Crippen LogP contribution in [0.1, 0.15) is 6.92 Å². The van der Waals surface area contributed by atoms with Crippen LogP contribution in [0.4, 0.5) is 0 Å². The summed E-state index contributed by atoms with van der Waals surface area (Å²) in [6.45, 7) is 18.2. The third-order valence-electron chi connectivity index (χ3n) is 2.15. The molecule has 0 aromatic heterocycles. The molecule has 13 heavy (non-hydrogen) atoms. The molecule has 0 atom stereocenters. The van der Waals surface area contributed by atoms with Gasteiger partial charge < -0.3 is 4.90 Å². The van der Waals surface area contributed by atoms with Crippen molar-refractivity contribution in [3.05, 3.63) is 61.0 Å².